The molecule has 2 aromatic carbocycles. The largest absolute Gasteiger partial charge is 0.493 e. The lowest BCUT2D eigenvalue weighted by Crippen LogP contribution is -2.17. The normalized spacial score (nSPS) is 10.6. The van der Waals surface area contributed by atoms with E-state index in [1.54, 1.807) is 12.1 Å². The molecule has 0 aromatic heterocycles. The predicted molar refractivity (Wildman–Crippen MR) is 105 cm³/mol. The number of benzene rings is 2. The molecule has 0 fully saturated rings. The molecule has 28 heavy (non-hydrogen) atoms. The van der Waals surface area contributed by atoms with E-state index in [1.807, 2.05) is 0 Å². The van der Waals surface area contributed by atoms with Gasteiger partial charge in [-0.05, 0) is 24.3 Å². The lowest BCUT2D eigenvalue weighted by Gasteiger charge is -2.09. The summed E-state index contributed by atoms with van der Waals surface area (Å²) in [6.07, 6.45) is 1.34. The summed E-state index contributed by atoms with van der Waals surface area (Å²) in [5.41, 5.74) is 0.459. The highest BCUT2D eigenvalue weighted by molar-refractivity contribution is 6.33. The van der Waals surface area contributed by atoms with Gasteiger partial charge in [-0.2, -0.15) is 0 Å². The van der Waals surface area contributed by atoms with E-state index in [1.165, 1.54) is 32.6 Å². The van der Waals surface area contributed by atoms with Crippen molar-refractivity contribution in [3.05, 3.63) is 56.1 Å². The van der Waals surface area contributed by atoms with Gasteiger partial charge in [0.1, 0.15) is 5.02 Å². The van der Waals surface area contributed by atoms with Crippen LogP contribution >= 0.6 is 23.2 Å². The van der Waals surface area contributed by atoms with Crippen molar-refractivity contribution in [2.24, 2.45) is 5.16 Å². The van der Waals surface area contributed by atoms with Crippen molar-refractivity contribution in [3.63, 3.8) is 0 Å². The van der Waals surface area contributed by atoms with E-state index in [9.17, 15) is 14.9 Å². The first kappa shape index (κ1) is 21.3. The van der Waals surface area contributed by atoms with E-state index in [0.29, 0.717) is 22.1 Å². The van der Waals surface area contributed by atoms with Gasteiger partial charge < -0.3 is 19.6 Å². The van der Waals surface area contributed by atoms with E-state index in [2.05, 4.69) is 10.5 Å². The Morgan fingerprint density at radius 1 is 1.21 bits per heavy atom. The van der Waals surface area contributed by atoms with Crippen LogP contribution in [0.5, 0.6) is 11.5 Å². The molecule has 2 rings (SSSR count). The maximum atomic E-state index is 11.9. The Hall–Kier alpha value is -3.04. The summed E-state index contributed by atoms with van der Waals surface area (Å²) in [6, 6.07) is 7.11. The highest BCUT2D eigenvalue weighted by Crippen LogP contribution is 2.35. The van der Waals surface area contributed by atoms with Gasteiger partial charge in [0, 0.05) is 17.3 Å². The Labute approximate surface area is 169 Å². The van der Waals surface area contributed by atoms with Crippen molar-refractivity contribution in [2.45, 2.75) is 0 Å². The molecule has 9 nitrogen and oxygen atoms in total. The fourth-order valence-corrected chi connectivity index (χ4v) is 2.62. The molecule has 0 saturated carbocycles. The third-order valence-corrected chi connectivity index (χ3v) is 3.95. The van der Waals surface area contributed by atoms with E-state index in [4.69, 9.17) is 37.5 Å². The van der Waals surface area contributed by atoms with Gasteiger partial charge >= 0.3 is 0 Å². The van der Waals surface area contributed by atoms with Crippen LogP contribution in [0.1, 0.15) is 5.56 Å². The molecule has 0 heterocycles. The van der Waals surface area contributed by atoms with Crippen molar-refractivity contribution < 1.29 is 24.0 Å². The average molecular weight is 428 g/mol. The number of nitrogens with zero attached hydrogens (tertiary/aromatic N) is 2. The van der Waals surface area contributed by atoms with Crippen LogP contribution in [0.25, 0.3) is 0 Å². The van der Waals surface area contributed by atoms with Gasteiger partial charge in [-0.1, -0.05) is 28.4 Å². The van der Waals surface area contributed by atoms with Crippen molar-refractivity contribution >= 4 is 46.7 Å². The number of hydrogen-bond acceptors (Lipinski definition) is 7. The first-order valence-corrected chi connectivity index (χ1v) is 8.42. The van der Waals surface area contributed by atoms with Crippen LogP contribution in [0.2, 0.25) is 10.0 Å². The zero-order valence-corrected chi connectivity index (χ0v) is 16.3. The molecule has 148 valence electrons. The number of methoxy groups -OCH3 is 2. The smallest absolute Gasteiger partial charge is 0.289 e. The van der Waals surface area contributed by atoms with Crippen LogP contribution in [0.3, 0.4) is 0 Å². The minimum atomic E-state index is -0.646. The highest BCUT2D eigenvalue weighted by atomic mass is 35.5. The summed E-state index contributed by atoms with van der Waals surface area (Å²) in [6.45, 7) is -0.409. The number of nitrogens with one attached hydrogen (secondary N) is 1. The standard InChI is InChI=1S/C17H15Cl2N3O6/c1-26-15-6-10(5-13(19)17(15)27-2)8-20-28-9-16(23)21-11-3-4-12(18)14(7-11)22(24)25/h3-8H,9H2,1-2H3,(H,21,23)/b20-8+. The summed E-state index contributed by atoms with van der Waals surface area (Å²) in [4.78, 5) is 27.0. The quantitative estimate of drug-likeness (QED) is 0.388. The summed E-state index contributed by atoms with van der Waals surface area (Å²) >= 11 is 11.8. The van der Waals surface area contributed by atoms with Crippen molar-refractivity contribution in [1.29, 1.82) is 0 Å². The number of amides is 1. The Balaban J connectivity index is 1.94. The molecule has 0 spiro atoms. The fraction of sp³-hybridized carbons (Fsp3) is 0.176. The lowest BCUT2D eigenvalue weighted by atomic mass is 10.2. The van der Waals surface area contributed by atoms with Crippen LogP contribution in [0.4, 0.5) is 11.4 Å². The minimum Gasteiger partial charge on any atom is -0.493 e. The van der Waals surface area contributed by atoms with E-state index in [0.717, 1.165) is 6.07 Å². The first-order valence-electron chi connectivity index (χ1n) is 7.66. The molecule has 0 unspecified atom stereocenters. The van der Waals surface area contributed by atoms with Gasteiger partial charge in [0.05, 0.1) is 30.4 Å². The number of carbonyl (C=O) groups excluding carboxylic acids is 1. The first-order chi connectivity index (χ1) is 13.3. The molecule has 11 heteroatoms. The van der Waals surface area contributed by atoms with Gasteiger partial charge in [-0.25, -0.2) is 0 Å². The molecule has 0 bridgehead atoms. The Kier molecular flexibility index (Phi) is 7.42. The molecule has 0 aliphatic carbocycles. The number of nitro benzene ring substituents is 1. The molecule has 2 aromatic rings. The molecule has 0 aliphatic heterocycles. The van der Waals surface area contributed by atoms with Crippen molar-refractivity contribution in [1.82, 2.24) is 0 Å². The zero-order valence-electron chi connectivity index (χ0n) is 14.8. The molecule has 0 aliphatic rings. The number of carbonyl (C=O) groups is 1. The summed E-state index contributed by atoms with van der Waals surface area (Å²) in [5, 5.41) is 17.3. The molecular formula is C17H15Cl2N3O6. The van der Waals surface area contributed by atoms with Gasteiger partial charge in [0.15, 0.2) is 18.1 Å². The predicted octanol–water partition coefficient (Wildman–Crippen LogP) is 3.91. The molecular weight excluding hydrogens is 413 g/mol. The molecule has 1 N–H and O–H groups in total. The molecule has 1 amide bonds. The van der Waals surface area contributed by atoms with Crippen LogP contribution in [0.15, 0.2) is 35.5 Å². The summed E-state index contributed by atoms with van der Waals surface area (Å²) in [7, 11) is 2.94. The van der Waals surface area contributed by atoms with E-state index >= 15 is 0 Å². The third-order valence-electron chi connectivity index (χ3n) is 3.35. The lowest BCUT2D eigenvalue weighted by molar-refractivity contribution is -0.384. The molecule has 0 radical (unpaired) electrons. The van der Waals surface area contributed by atoms with Gasteiger partial charge in [-0.15, -0.1) is 0 Å². The maximum absolute atomic E-state index is 11.9. The third kappa shape index (κ3) is 5.48. The monoisotopic (exact) mass is 427 g/mol. The van der Waals surface area contributed by atoms with Crippen LogP contribution in [0, 0.1) is 10.1 Å². The number of oxime groups is 1. The van der Waals surface area contributed by atoms with Crippen molar-refractivity contribution in [2.75, 3.05) is 26.1 Å². The molecule has 0 saturated heterocycles. The zero-order chi connectivity index (χ0) is 20.7. The summed E-state index contributed by atoms with van der Waals surface area (Å²) in [5.74, 6) is 0.247. The van der Waals surface area contributed by atoms with Gasteiger partial charge in [0.2, 0.25) is 0 Å². The van der Waals surface area contributed by atoms with Crippen LogP contribution < -0.4 is 14.8 Å². The van der Waals surface area contributed by atoms with E-state index in [-0.39, 0.29) is 16.4 Å². The topological polar surface area (TPSA) is 112 Å². The van der Waals surface area contributed by atoms with Crippen LogP contribution in [-0.2, 0) is 9.63 Å². The number of rotatable bonds is 8. The Morgan fingerprint density at radius 3 is 2.61 bits per heavy atom. The minimum absolute atomic E-state index is 0.0302. The summed E-state index contributed by atoms with van der Waals surface area (Å²) < 4.78 is 10.3. The highest BCUT2D eigenvalue weighted by Gasteiger charge is 2.14. The Morgan fingerprint density at radius 2 is 1.96 bits per heavy atom. The number of nitro groups is 1. The SMILES string of the molecule is COc1cc(/C=N/OCC(=O)Nc2ccc(Cl)c([N+](=O)[O-])c2)cc(Cl)c1OC. The van der Waals surface area contributed by atoms with Crippen LogP contribution in [-0.4, -0.2) is 37.9 Å². The average Bonchev–Trinajstić information content (AvgIpc) is 2.66. The van der Waals surface area contributed by atoms with Gasteiger partial charge in [-0.3, -0.25) is 14.9 Å². The van der Waals surface area contributed by atoms with E-state index < -0.39 is 17.4 Å². The molecule has 0 atom stereocenters. The second-order valence-electron chi connectivity index (χ2n) is 5.22. The second kappa shape index (κ2) is 9.77. The maximum Gasteiger partial charge on any atom is 0.289 e. The van der Waals surface area contributed by atoms with Crippen molar-refractivity contribution in [3.8, 4) is 11.5 Å². The fourth-order valence-electron chi connectivity index (χ4n) is 2.13. The number of ether oxygens (including phenoxy) is 2. The Bertz CT molecular complexity index is 920. The number of anilines is 1. The number of hydrogen-bond donors (Lipinski definition) is 1. The second-order valence-corrected chi connectivity index (χ2v) is 6.03. The number of halogens is 2. The van der Waals surface area contributed by atoms with Gasteiger partial charge in [0.25, 0.3) is 11.6 Å².